The monoisotopic (exact) mass is 468 g/mol. The van der Waals surface area contributed by atoms with Crippen molar-refractivity contribution in [1.29, 1.82) is 0 Å². The molecule has 0 aliphatic carbocycles. The van der Waals surface area contributed by atoms with Crippen LogP contribution in [0.15, 0.2) is 78.9 Å². The van der Waals surface area contributed by atoms with Gasteiger partial charge in [-0.2, -0.15) is 5.10 Å². The van der Waals surface area contributed by atoms with Crippen molar-refractivity contribution in [3.05, 3.63) is 95.8 Å². The van der Waals surface area contributed by atoms with Crippen LogP contribution in [-0.4, -0.2) is 34.3 Å². The number of carbonyl (C=O) groups excluding carboxylic acids is 1. The number of aryl methyl sites for hydroxylation is 1. The fourth-order valence-electron chi connectivity index (χ4n) is 3.86. The molecule has 35 heavy (non-hydrogen) atoms. The molecule has 3 aromatic carbocycles. The summed E-state index contributed by atoms with van der Waals surface area (Å²) in [6, 6.07) is 25.7. The standard InChI is InChI=1S/C29H32N4O2/c1-21(2)27-31-28(23-15-17-26(35-3)18-16-23)33(32-27)25-14-9-13-24(20-25)29(34)30-19-8-7-12-22-10-5-4-6-11-22/h4-6,9-11,13-18,20-21H,7-8,12,19H2,1-3H3,(H,30,34). The molecule has 6 heteroatoms. The highest BCUT2D eigenvalue weighted by molar-refractivity contribution is 5.94. The van der Waals surface area contributed by atoms with Gasteiger partial charge in [-0.1, -0.05) is 50.2 Å². The van der Waals surface area contributed by atoms with E-state index in [0.29, 0.717) is 12.1 Å². The normalized spacial score (nSPS) is 11.0. The lowest BCUT2D eigenvalue weighted by molar-refractivity contribution is 0.0953. The van der Waals surface area contributed by atoms with Crippen molar-refractivity contribution in [1.82, 2.24) is 20.1 Å². The van der Waals surface area contributed by atoms with Crippen molar-refractivity contribution in [3.8, 4) is 22.8 Å². The summed E-state index contributed by atoms with van der Waals surface area (Å²) in [6.45, 7) is 4.78. The molecule has 0 aliphatic heterocycles. The third-order valence-corrected chi connectivity index (χ3v) is 5.86. The zero-order valence-electron chi connectivity index (χ0n) is 20.6. The lowest BCUT2D eigenvalue weighted by Crippen LogP contribution is -2.24. The zero-order valence-corrected chi connectivity index (χ0v) is 20.6. The Kier molecular flexibility index (Phi) is 7.93. The summed E-state index contributed by atoms with van der Waals surface area (Å²) in [4.78, 5) is 17.6. The smallest absolute Gasteiger partial charge is 0.251 e. The molecule has 1 N–H and O–H groups in total. The number of unbranched alkanes of at least 4 members (excludes halogenated alkanes) is 1. The molecule has 4 rings (SSSR count). The van der Waals surface area contributed by atoms with E-state index in [1.807, 2.05) is 59.3 Å². The molecule has 180 valence electrons. The Morgan fingerprint density at radius 2 is 1.74 bits per heavy atom. The Morgan fingerprint density at radius 1 is 0.971 bits per heavy atom. The Balaban J connectivity index is 1.47. The Hall–Kier alpha value is -3.93. The molecule has 0 saturated carbocycles. The average Bonchev–Trinajstić information content (AvgIpc) is 3.35. The SMILES string of the molecule is COc1ccc(-c2nc(C(C)C)nn2-c2cccc(C(=O)NCCCCc3ccccc3)c2)cc1. The third kappa shape index (κ3) is 6.15. The summed E-state index contributed by atoms with van der Waals surface area (Å²) in [7, 11) is 1.65. The first-order valence-electron chi connectivity index (χ1n) is 12.1. The van der Waals surface area contributed by atoms with Crippen molar-refractivity contribution in [2.24, 2.45) is 0 Å². The van der Waals surface area contributed by atoms with E-state index < -0.39 is 0 Å². The Bertz CT molecular complexity index is 1250. The fraction of sp³-hybridized carbons (Fsp3) is 0.276. The number of ether oxygens (including phenoxy) is 1. The highest BCUT2D eigenvalue weighted by Gasteiger charge is 2.17. The van der Waals surface area contributed by atoms with Crippen LogP contribution in [0.2, 0.25) is 0 Å². The maximum Gasteiger partial charge on any atom is 0.251 e. The van der Waals surface area contributed by atoms with Gasteiger partial charge in [0.05, 0.1) is 12.8 Å². The number of rotatable bonds is 10. The summed E-state index contributed by atoms with van der Waals surface area (Å²) < 4.78 is 7.10. The number of benzene rings is 3. The highest BCUT2D eigenvalue weighted by Crippen LogP contribution is 2.26. The molecule has 0 fully saturated rings. The quantitative estimate of drug-likeness (QED) is 0.298. The van der Waals surface area contributed by atoms with Gasteiger partial charge in [0.25, 0.3) is 5.91 Å². The first-order valence-corrected chi connectivity index (χ1v) is 12.1. The van der Waals surface area contributed by atoms with Gasteiger partial charge in [-0.3, -0.25) is 4.79 Å². The van der Waals surface area contributed by atoms with Crippen molar-refractivity contribution in [2.75, 3.05) is 13.7 Å². The summed E-state index contributed by atoms with van der Waals surface area (Å²) >= 11 is 0. The Morgan fingerprint density at radius 3 is 2.46 bits per heavy atom. The molecule has 1 amide bonds. The van der Waals surface area contributed by atoms with E-state index in [2.05, 4.69) is 43.4 Å². The van der Waals surface area contributed by atoms with Crippen LogP contribution in [0.1, 0.15) is 54.4 Å². The minimum absolute atomic E-state index is 0.0817. The molecule has 0 radical (unpaired) electrons. The summed E-state index contributed by atoms with van der Waals surface area (Å²) in [5, 5.41) is 7.81. The van der Waals surface area contributed by atoms with Gasteiger partial charge in [0.2, 0.25) is 0 Å². The largest absolute Gasteiger partial charge is 0.497 e. The summed E-state index contributed by atoms with van der Waals surface area (Å²) in [5.41, 5.74) is 3.66. The molecule has 1 heterocycles. The number of amides is 1. The van der Waals surface area contributed by atoms with Crippen molar-refractivity contribution >= 4 is 5.91 Å². The molecule has 0 unspecified atom stereocenters. The van der Waals surface area contributed by atoms with E-state index in [1.165, 1.54) is 5.56 Å². The van der Waals surface area contributed by atoms with E-state index in [-0.39, 0.29) is 11.8 Å². The molecule has 6 nitrogen and oxygen atoms in total. The highest BCUT2D eigenvalue weighted by atomic mass is 16.5. The van der Waals surface area contributed by atoms with Gasteiger partial charge in [-0.25, -0.2) is 9.67 Å². The maximum absolute atomic E-state index is 12.8. The van der Waals surface area contributed by atoms with E-state index in [9.17, 15) is 4.79 Å². The minimum atomic E-state index is -0.0817. The molecule has 0 aliphatic rings. The van der Waals surface area contributed by atoms with Gasteiger partial charge < -0.3 is 10.1 Å². The molecule has 0 atom stereocenters. The van der Waals surface area contributed by atoms with Gasteiger partial charge in [-0.15, -0.1) is 0 Å². The van der Waals surface area contributed by atoms with Gasteiger partial charge >= 0.3 is 0 Å². The van der Waals surface area contributed by atoms with Crippen LogP contribution < -0.4 is 10.1 Å². The number of carbonyl (C=O) groups is 1. The van der Waals surface area contributed by atoms with Gasteiger partial charge in [0.1, 0.15) is 5.75 Å². The second kappa shape index (κ2) is 11.5. The second-order valence-corrected chi connectivity index (χ2v) is 8.84. The topological polar surface area (TPSA) is 69.0 Å². The van der Waals surface area contributed by atoms with E-state index >= 15 is 0 Å². The van der Waals surface area contributed by atoms with Gasteiger partial charge in [0.15, 0.2) is 11.6 Å². The zero-order chi connectivity index (χ0) is 24.6. The summed E-state index contributed by atoms with van der Waals surface area (Å²) in [6.07, 6.45) is 2.99. The van der Waals surface area contributed by atoms with Crippen LogP contribution in [0.25, 0.3) is 17.1 Å². The van der Waals surface area contributed by atoms with Gasteiger partial charge in [0, 0.05) is 23.6 Å². The first-order chi connectivity index (χ1) is 17.0. The van der Waals surface area contributed by atoms with Crippen LogP contribution in [0.3, 0.4) is 0 Å². The van der Waals surface area contributed by atoms with E-state index in [1.54, 1.807) is 7.11 Å². The van der Waals surface area contributed by atoms with Gasteiger partial charge in [-0.05, 0) is 67.3 Å². The summed E-state index contributed by atoms with van der Waals surface area (Å²) in [5.74, 6) is 2.36. The first kappa shape index (κ1) is 24.2. The molecule has 1 aromatic heterocycles. The fourth-order valence-corrected chi connectivity index (χ4v) is 3.86. The molecule has 0 spiro atoms. The third-order valence-electron chi connectivity index (χ3n) is 5.86. The molecule has 4 aromatic rings. The van der Waals surface area contributed by atoms with Crippen LogP contribution in [0.4, 0.5) is 0 Å². The predicted octanol–water partition coefficient (Wildman–Crippen LogP) is 5.82. The van der Waals surface area contributed by atoms with Crippen LogP contribution in [0, 0.1) is 0 Å². The minimum Gasteiger partial charge on any atom is -0.497 e. The number of nitrogens with one attached hydrogen (secondary N) is 1. The lowest BCUT2D eigenvalue weighted by Gasteiger charge is -2.10. The van der Waals surface area contributed by atoms with Crippen LogP contribution in [0.5, 0.6) is 5.75 Å². The maximum atomic E-state index is 12.8. The number of aromatic nitrogens is 3. The lowest BCUT2D eigenvalue weighted by atomic mass is 10.1. The second-order valence-electron chi connectivity index (χ2n) is 8.84. The number of hydrogen-bond acceptors (Lipinski definition) is 4. The van der Waals surface area contributed by atoms with Crippen molar-refractivity contribution in [3.63, 3.8) is 0 Å². The van der Waals surface area contributed by atoms with Crippen LogP contribution >= 0.6 is 0 Å². The van der Waals surface area contributed by atoms with Crippen LogP contribution in [-0.2, 0) is 6.42 Å². The van der Waals surface area contributed by atoms with Crippen molar-refractivity contribution in [2.45, 2.75) is 39.0 Å². The van der Waals surface area contributed by atoms with E-state index in [0.717, 1.165) is 47.9 Å². The van der Waals surface area contributed by atoms with Crippen molar-refractivity contribution < 1.29 is 9.53 Å². The number of methoxy groups -OCH3 is 1. The molecular weight excluding hydrogens is 436 g/mol. The molecule has 0 saturated heterocycles. The van der Waals surface area contributed by atoms with E-state index in [4.69, 9.17) is 14.8 Å². The number of hydrogen-bond donors (Lipinski definition) is 1. The molecular formula is C29H32N4O2. The number of nitrogens with zero attached hydrogens (tertiary/aromatic N) is 3. The molecule has 0 bridgehead atoms. The Labute approximate surface area is 207 Å². The predicted molar refractivity (Wildman–Crippen MR) is 139 cm³/mol. The average molecular weight is 469 g/mol.